The van der Waals surface area contributed by atoms with Gasteiger partial charge in [0.15, 0.2) is 0 Å². The van der Waals surface area contributed by atoms with Gasteiger partial charge in [-0.25, -0.2) is 4.79 Å². The molecule has 0 atom stereocenters. The molecule has 1 rings (SSSR count). The van der Waals surface area contributed by atoms with Crippen LogP contribution in [0.15, 0.2) is 0 Å². The molecule has 0 unspecified atom stereocenters. The number of alkyl halides is 1. The minimum atomic E-state index is -0.415. The molecule has 1 aliphatic rings. The number of hydrogen-bond acceptors (Lipinski definition) is 2. The van der Waals surface area contributed by atoms with Crippen molar-refractivity contribution in [3.8, 4) is 0 Å². The molecule has 0 aromatic heterocycles. The lowest BCUT2D eigenvalue weighted by atomic mass is 9.79. The largest absolute Gasteiger partial charge is 0.444 e. The number of rotatable bonds is 2. The average molecular weight is 264 g/mol. The standard InChI is InChI=1S/C10H18BrNO2/c1-9(2,3)14-8(13)12-10(7-11)5-4-6-10/h4-7H2,1-3H3,(H,12,13). The number of halogens is 1. The molecule has 1 aliphatic carbocycles. The van der Waals surface area contributed by atoms with Gasteiger partial charge in [-0.1, -0.05) is 15.9 Å². The molecule has 1 saturated carbocycles. The topological polar surface area (TPSA) is 38.3 Å². The lowest BCUT2D eigenvalue weighted by Gasteiger charge is -2.41. The lowest BCUT2D eigenvalue weighted by molar-refractivity contribution is 0.0411. The summed E-state index contributed by atoms with van der Waals surface area (Å²) >= 11 is 3.42. The zero-order valence-corrected chi connectivity index (χ0v) is 10.6. The van der Waals surface area contributed by atoms with E-state index >= 15 is 0 Å². The van der Waals surface area contributed by atoms with Crippen LogP contribution in [0, 0.1) is 0 Å². The molecule has 0 aromatic carbocycles. The normalized spacial score (nSPS) is 19.7. The molecule has 0 heterocycles. The fraction of sp³-hybridized carbons (Fsp3) is 0.900. The van der Waals surface area contributed by atoms with Crippen LogP contribution >= 0.6 is 15.9 Å². The van der Waals surface area contributed by atoms with Gasteiger partial charge >= 0.3 is 6.09 Å². The summed E-state index contributed by atoms with van der Waals surface area (Å²) in [5.74, 6) is 0. The number of ether oxygens (including phenoxy) is 1. The van der Waals surface area contributed by atoms with Crippen LogP contribution in [-0.2, 0) is 4.74 Å². The fourth-order valence-electron chi connectivity index (χ4n) is 1.42. The minimum Gasteiger partial charge on any atom is -0.444 e. The SMILES string of the molecule is CC(C)(C)OC(=O)NC1(CBr)CCC1. The zero-order valence-electron chi connectivity index (χ0n) is 9.02. The van der Waals surface area contributed by atoms with Crippen LogP contribution in [0.5, 0.6) is 0 Å². The lowest BCUT2D eigenvalue weighted by Crippen LogP contribution is -2.55. The fourth-order valence-corrected chi connectivity index (χ4v) is 2.12. The molecular formula is C10H18BrNO2. The predicted octanol–water partition coefficient (Wildman–Crippen LogP) is 2.83. The first-order valence-electron chi connectivity index (χ1n) is 4.94. The maximum Gasteiger partial charge on any atom is 0.408 e. The highest BCUT2D eigenvalue weighted by Gasteiger charge is 2.38. The quantitative estimate of drug-likeness (QED) is 0.779. The van der Waals surface area contributed by atoms with E-state index < -0.39 is 5.60 Å². The first-order valence-corrected chi connectivity index (χ1v) is 6.06. The molecule has 1 fully saturated rings. The summed E-state index contributed by atoms with van der Waals surface area (Å²) in [7, 11) is 0. The van der Waals surface area contributed by atoms with Gasteiger partial charge in [0.2, 0.25) is 0 Å². The third kappa shape index (κ3) is 3.15. The summed E-state index contributed by atoms with van der Waals surface area (Å²) in [6.07, 6.45) is 2.95. The van der Waals surface area contributed by atoms with Crippen molar-refractivity contribution in [2.45, 2.75) is 51.2 Å². The molecule has 82 valence electrons. The second-order valence-electron chi connectivity index (χ2n) is 4.89. The Bertz CT molecular complexity index is 213. The van der Waals surface area contributed by atoms with E-state index in [9.17, 15) is 4.79 Å². The Morgan fingerprint density at radius 1 is 1.50 bits per heavy atom. The van der Waals surface area contributed by atoms with Crippen molar-refractivity contribution >= 4 is 22.0 Å². The van der Waals surface area contributed by atoms with Crippen molar-refractivity contribution in [3.63, 3.8) is 0 Å². The van der Waals surface area contributed by atoms with Crippen LogP contribution in [0.25, 0.3) is 0 Å². The molecule has 1 amide bonds. The Balaban J connectivity index is 2.40. The van der Waals surface area contributed by atoms with Gasteiger partial charge < -0.3 is 10.1 Å². The maximum absolute atomic E-state index is 11.5. The zero-order chi connectivity index (χ0) is 10.8. The molecule has 0 aromatic rings. The van der Waals surface area contributed by atoms with Crippen molar-refractivity contribution in [1.82, 2.24) is 5.32 Å². The molecule has 3 nitrogen and oxygen atoms in total. The van der Waals surface area contributed by atoms with Crippen LogP contribution in [0.2, 0.25) is 0 Å². The van der Waals surface area contributed by atoms with E-state index in [4.69, 9.17) is 4.74 Å². The number of amides is 1. The number of nitrogens with one attached hydrogen (secondary N) is 1. The van der Waals surface area contributed by atoms with E-state index in [-0.39, 0.29) is 11.6 Å². The second-order valence-corrected chi connectivity index (χ2v) is 5.46. The number of carbonyl (C=O) groups excluding carboxylic acids is 1. The highest BCUT2D eigenvalue weighted by atomic mass is 79.9. The Hall–Kier alpha value is -0.250. The second kappa shape index (κ2) is 4.09. The third-order valence-corrected chi connectivity index (χ3v) is 3.41. The van der Waals surface area contributed by atoms with Gasteiger partial charge in [0.05, 0.1) is 5.54 Å². The summed E-state index contributed by atoms with van der Waals surface area (Å²) in [6, 6.07) is 0. The summed E-state index contributed by atoms with van der Waals surface area (Å²) in [6.45, 7) is 5.61. The van der Waals surface area contributed by atoms with Gasteiger partial charge in [0.1, 0.15) is 5.60 Å². The van der Waals surface area contributed by atoms with Crippen LogP contribution in [0.3, 0.4) is 0 Å². The van der Waals surface area contributed by atoms with E-state index in [1.807, 2.05) is 20.8 Å². The molecule has 0 spiro atoms. The first-order chi connectivity index (χ1) is 6.37. The van der Waals surface area contributed by atoms with Crippen LogP contribution < -0.4 is 5.32 Å². The smallest absolute Gasteiger partial charge is 0.408 e. The predicted molar refractivity (Wildman–Crippen MR) is 59.7 cm³/mol. The molecule has 0 aliphatic heterocycles. The number of hydrogen-bond donors (Lipinski definition) is 1. The Morgan fingerprint density at radius 2 is 2.07 bits per heavy atom. The van der Waals surface area contributed by atoms with Crippen molar-refractivity contribution in [1.29, 1.82) is 0 Å². The monoisotopic (exact) mass is 263 g/mol. The first kappa shape index (κ1) is 11.8. The molecule has 0 bridgehead atoms. The van der Waals surface area contributed by atoms with Crippen molar-refractivity contribution in [2.75, 3.05) is 5.33 Å². The van der Waals surface area contributed by atoms with E-state index in [0.717, 1.165) is 18.2 Å². The highest BCUT2D eigenvalue weighted by molar-refractivity contribution is 9.09. The summed E-state index contributed by atoms with van der Waals surface area (Å²) in [5.41, 5.74) is -0.469. The van der Waals surface area contributed by atoms with E-state index in [0.29, 0.717) is 0 Å². The van der Waals surface area contributed by atoms with Gasteiger partial charge in [-0.3, -0.25) is 0 Å². The Morgan fingerprint density at radius 3 is 2.36 bits per heavy atom. The van der Waals surface area contributed by atoms with Crippen molar-refractivity contribution in [3.05, 3.63) is 0 Å². The average Bonchev–Trinajstić information content (AvgIpc) is 1.93. The van der Waals surface area contributed by atoms with Gasteiger partial charge in [-0.15, -0.1) is 0 Å². The highest BCUT2D eigenvalue weighted by Crippen LogP contribution is 2.33. The van der Waals surface area contributed by atoms with E-state index in [1.165, 1.54) is 6.42 Å². The summed E-state index contributed by atoms with van der Waals surface area (Å²) < 4.78 is 5.20. The molecule has 1 N–H and O–H groups in total. The van der Waals surface area contributed by atoms with Crippen molar-refractivity contribution in [2.24, 2.45) is 0 Å². The minimum absolute atomic E-state index is 0.0532. The van der Waals surface area contributed by atoms with Gasteiger partial charge in [-0.05, 0) is 40.0 Å². The van der Waals surface area contributed by atoms with Gasteiger partial charge in [0, 0.05) is 5.33 Å². The van der Waals surface area contributed by atoms with Crippen LogP contribution in [0.1, 0.15) is 40.0 Å². The molecule has 4 heteroatoms. The Kier molecular flexibility index (Phi) is 3.45. The van der Waals surface area contributed by atoms with E-state index in [1.54, 1.807) is 0 Å². The molecular weight excluding hydrogens is 246 g/mol. The van der Waals surface area contributed by atoms with E-state index in [2.05, 4.69) is 21.2 Å². The van der Waals surface area contributed by atoms with Crippen LogP contribution in [0.4, 0.5) is 4.79 Å². The van der Waals surface area contributed by atoms with Crippen molar-refractivity contribution < 1.29 is 9.53 Å². The Labute approximate surface area is 93.7 Å². The summed E-state index contributed by atoms with van der Waals surface area (Å²) in [5, 5.41) is 3.73. The molecule has 0 saturated heterocycles. The maximum atomic E-state index is 11.5. The molecule has 0 radical (unpaired) electrons. The molecule has 14 heavy (non-hydrogen) atoms. The van der Waals surface area contributed by atoms with Gasteiger partial charge in [0.25, 0.3) is 0 Å². The number of carbonyl (C=O) groups is 1. The number of alkyl carbamates (subject to hydrolysis) is 1. The summed E-state index contributed by atoms with van der Waals surface area (Å²) in [4.78, 5) is 11.5. The third-order valence-electron chi connectivity index (χ3n) is 2.33. The van der Waals surface area contributed by atoms with Gasteiger partial charge in [-0.2, -0.15) is 0 Å². The van der Waals surface area contributed by atoms with Crippen LogP contribution in [-0.4, -0.2) is 22.6 Å².